The number of hydrogen-bond donors (Lipinski definition) is 5. The minimum Gasteiger partial charge on any atom is -0.454 e. The van der Waals surface area contributed by atoms with Crippen LogP contribution in [0, 0.1) is 0 Å². The highest BCUT2D eigenvalue weighted by molar-refractivity contribution is 6.31. The van der Waals surface area contributed by atoms with Crippen molar-refractivity contribution in [3.63, 3.8) is 0 Å². The Hall–Kier alpha value is -5.15. The van der Waals surface area contributed by atoms with Gasteiger partial charge in [-0.25, -0.2) is 9.78 Å². The number of amides is 4. The summed E-state index contributed by atoms with van der Waals surface area (Å²) in [5.74, 6) is -1.46. The predicted molar refractivity (Wildman–Crippen MR) is 175 cm³/mol. The molecule has 0 unspecified atom stereocenters. The molecule has 1 aromatic heterocycles. The first-order valence-electron chi connectivity index (χ1n) is 15.7. The zero-order valence-electron chi connectivity index (χ0n) is 27.9. The SMILES string of the molecule is CO[C@@H]1O[C@H](COC(=O)Nc2ccc(Cl)c(C(F)(F)F)c2)[C@@H](OC)[C@H](NC(=O)c2ccc3c(c2)OCO3)[C@H]1OCC(=O)N[C@@H](Cc1cnc[nH]1)C(N)=O. The van der Waals surface area contributed by atoms with E-state index < -0.39 is 90.5 Å². The topological polar surface area (TPSA) is 224 Å². The number of rotatable bonds is 14. The molecule has 5 rings (SSSR count). The summed E-state index contributed by atoms with van der Waals surface area (Å²) in [5.41, 5.74) is 4.75. The van der Waals surface area contributed by atoms with Crippen LogP contribution in [0.3, 0.4) is 0 Å². The van der Waals surface area contributed by atoms with Crippen LogP contribution in [0.4, 0.5) is 23.7 Å². The molecular weight excluding hydrogens is 737 g/mol. The normalized spacial score (nSPS) is 21.4. The van der Waals surface area contributed by atoms with E-state index in [1.807, 2.05) is 0 Å². The number of halogens is 4. The van der Waals surface area contributed by atoms with Crippen LogP contribution in [0.25, 0.3) is 0 Å². The Bertz CT molecular complexity index is 1780. The van der Waals surface area contributed by atoms with E-state index in [0.29, 0.717) is 23.3 Å². The lowest BCUT2D eigenvalue weighted by atomic mass is 9.95. The fourth-order valence-electron chi connectivity index (χ4n) is 5.53. The Morgan fingerprint density at radius 2 is 1.85 bits per heavy atom. The number of nitrogens with one attached hydrogen (secondary N) is 4. The third kappa shape index (κ3) is 9.84. The van der Waals surface area contributed by atoms with Crippen molar-refractivity contribution in [1.29, 1.82) is 0 Å². The van der Waals surface area contributed by atoms with E-state index in [1.54, 1.807) is 0 Å². The zero-order chi connectivity index (χ0) is 38.3. The van der Waals surface area contributed by atoms with E-state index in [2.05, 4.69) is 25.9 Å². The highest BCUT2D eigenvalue weighted by atomic mass is 35.5. The van der Waals surface area contributed by atoms with E-state index in [-0.39, 0.29) is 24.5 Å². The van der Waals surface area contributed by atoms with Crippen LogP contribution in [0.2, 0.25) is 5.02 Å². The molecule has 3 heterocycles. The van der Waals surface area contributed by atoms with Crippen LogP contribution in [0.1, 0.15) is 21.6 Å². The summed E-state index contributed by atoms with van der Waals surface area (Å²) in [5, 5.41) is 6.92. The Labute approximate surface area is 303 Å². The molecule has 1 fully saturated rings. The third-order valence-electron chi connectivity index (χ3n) is 8.05. The number of carbonyl (C=O) groups is 4. The van der Waals surface area contributed by atoms with Crippen molar-refractivity contribution in [2.45, 2.75) is 49.3 Å². The summed E-state index contributed by atoms with van der Waals surface area (Å²) in [6.45, 7) is -1.26. The fraction of sp³-hybridized carbons (Fsp3) is 0.406. The molecule has 286 valence electrons. The van der Waals surface area contributed by atoms with E-state index in [1.165, 1.54) is 44.9 Å². The number of benzene rings is 2. The van der Waals surface area contributed by atoms with Crippen molar-refractivity contribution in [2.24, 2.45) is 5.73 Å². The number of alkyl halides is 3. The van der Waals surface area contributed by atoms with E-state index in [0.717, 1.165) is 12.1 Å². The van der Waals surface area contributed by atoms with Gasteiger partial charge in [0.05, 0.1) is 23.0 Å². The number of aromatic nitrogens is 2. The zero-order valence-corrected chi connectivity index (χ0v) is 28.7. The van der Waals surface area contributed by atoms with Gasteiger partial charge in [-0.1, -0.05) is 11.6 Å². The van der Waals surface area contributed by atoms with Crippen LogP contribution in [-0.4, -0.2) is 105 Å². The Morgan fingerprint density at radius 1 is 1.08 bits per heavy atom. The number of ether oxygens (including phenoxy) is 7. The highest BCUT2D eigenvalue weighted by Gasteiger charge is 2.49. The van der Waals surface area contributed by atoms with Gasteiger partial charge in [0.2, 0.25) is 18.6 Å². The number of nitrogens with two attached hydrogens (primary N) is 1. The molecule has 0 aliphatic carbocycles. The molecule has 21 heteroatoms. The van der Waals surface area contributed by atoms with Crippen LogP contribution >= 0.6 is 11.6 Å². The van der Waals surface area contributed by atoms with Gasteiger partial charge < -0.3 is 54.5 Å². The lowest BCUT2D eigenvalue weighted by Gasteiger charge is -2.45. The number of H-pyrrole nitrogens is 1. The lowest BCUT2D eigenvalue weighted by Crippen LogP contribution is -2.66. The van der Waals surface area contributed by atoms with E-state index in [9.17, 15) is 32.3 Å². The first kappa shape index (κ1) is 39.1. The van der Waals surface area contributed by atoms with Crippen LogP contribution in [-0.2, 0) is 45.9 Å². The minimum absolute atomic E-state index is 0.0189. The van der Waals surface area contributed by atoms with Crippen LogP contribution in [0.15, 0.2) is 48.9 Å². The monoisotopic (exact) mass is 770 g/mol. The maximum absolute atomic E-state index is 13.6. The molecule has 53 heavy (non-hydrogen) atoms. The summed E-state index contributed by atoms with van der Waals surface area (Å²) in [4.78, 5) is 58.0. The number of carbonyl (C=O) groups excluding carboxylic acids is 4. The molecule has 2 aromatic carbocycles. The molecule has 4 amide bonds. The molecule has 0 spiro atoms. The van der Waals surface area contributed by atoms with Gasteiger partial charge in [-0.05, 0) is 36.4 Å². The second-order valence-corrected chi connectivity index (χ2v) is 11.9. The highest BCUT2D eigenvalue weighted by Crippen LogP contribution is 2.36. The number of hydrogen-bond acceptors (Lipinski definition) is 12. The molecule has 6 atom stereocenters. The summed E-state index contributed by atoms with van der Waals surface area (Å²) < 4.78 is 79.0. The van der Waals surface area contributed by atoms with Crippen molar-refractivity contribution in [1.82, 2.24) is 20.6 Å². The first-order valence-corrected chi connectivity index (χ1v) is 16.0. The van der Waals surface area contributed by atoms with Gasteiger partial charge in [0.1, 0.15) is 37.6 Å². The summed E-state index contributed by atoms with van der Waals surface area (Å²) in [6.07, 6.45) is -7.95. The summed E-state index contributed by atoms with van der Waals surface area (Å²) in [6, 6.07) is 4.94. The molecule has 1 saturated heterocycles. The average Bonchev–Trinajstić information content (AvgIpc) is 3.82. The van der Waals surface area contributed by atoms with Crippen molar-refractivity contribution in [2.75, 3.05) is 39.5 Å². The predicted octanol–water partition coefficient (Wildman–Crippen LogP) is 2.14. The van der Waals surface area contributed by atoms with Gasteiger partial charge in [0, 0.05) is 43.8 Å². The van der Waals surface area contributed by atoms with Crippen molar-refractivity contribution < 1.29 is 65.5 Å². The molecular formula is C32H34ClF3N6O11. The summed E-state index contributed by atoms with van der Waals surface area (Å²) in [7, 11) is 2.53. The molecule has 2 aliphatic heterocycles. The maximum Gasteiger partial charge on any atom is 0.417 e. The minimum atomic E-state index is -4.78. The molecule has 2 aliphatic rings. The Kier molecular flexibility index (Phi) is 12.6. The molecule has 17 nitrogen and oxygen atoms in total. The number of imidazole rings is 1. The second-order valence-electron chi connectivity index (χ2n) is 11.5. The smallest absolute Gasteiger partial charge is 0.417 e. The average molecular weight is 771 g/mol. The van der Waals surface area contributed by atoms with Gasteiger partial charge in [0.15, 0.2) is 17.8 Å². The third-order valence-corrected chi connectivity index (χ3v) is 8.38. The van der Waals surface area contributed by atoms with Crippen LogP contribution in [0.5, 0.6) is 11.5 Å². The van der Waals surface area contributed by atoms with Gasteiger partial charge in [-0.15, -0.1) is 0 Å². The quantitative estimate of drug-likeness (QED) is 0.159. The molecule has 0 saturated carbocycles. The van der Waals surface area contributed by atoms with E-state index >= 15 is 0 Å². The second kappa shape index (κ2) is 17.1. The number of nitrogens with zero attached hydrogens (tertiary/aromatic N) is 1. The number of aromatic amines is 1. The Morgan fingerprint density at radius 3 is 2.53 bits per heavy atom. The van der Waals surface area contributed by atoms with Gasteiger partial charge in [-0.3, -0.25) is 19.7 Å². The number of primary amides is 1. The standard InChI is InChI=1S/C32H34ClF3N6O11/c1-47-26-23(11-50-31(46)40-16-4-5-19(33)18(8-16)32(34,35)36)53-30(48-2)27(25(26)42-29(45)15-3-6-21-22(7-15)52-14-51-21)49-12-24(43)41-20(28(37)44)9-17-10-38-13-39-17/h3-8,10,13,20,23,25-27,30H,9,11-12,14H2,1-2H3,(H2,37,44)(H,38,39)(H,40,46)(H,41,43)(H,42,45)/t20-,23+,25-,26+,27+,30+/m0/s1. The maximum atomic E-state index is 13.6. The number of fused-ring (bicyclic) bond motifs is 1. The van der Waals surface area contributed by atoms with Crippen molar-refractivity contribution in [3.05, 3.63) is 70.8 Å². The van der Waals surface area contributed by atoms with Crippen molar-refractivity contribution in [3.8, 4) is 11.5 Å². The molecule has 6 N–H and O–H groups in total. The van der Waals surface area contributed by atoms with Gasteiger partial charge >= 0.3 is 12.3 Å². The lowest BCUT2D eigenvalue weighted by molar-refractivity contribution is -0.281. The Balaban J connectivity index is 1.32. The first-order chi connectivity index (χ1) is 25.3. The largest absolute Gasteiger partial charge is 0.454 e. The van der Waals surface area contributed by atoms with Crippen LogP contribution < -0.4 is 31.2 Å². The number of anilines is 1. The summed E-state index contributed by atoms with van der Waals surface area (Å²) >= 11 is 5.66. The van der Waals surface area contributed by atoms with Crippen molar-refractivity contribution >= 4 is 41.1 Å². The van der Waals surface area contributed by atoms with Gasteiger partial charge in [0.25, 0.3) is 5.91 Å². The number of methoxy groups -OCH3 is 2. The van der Waals surface area contributed by atoms with E-state index in [4.69, 9.17) is 50.5 Å². The molecule has 0 bridgehead atoms. The molecule has 3 aromatic rings. The van der Waals surface area contributed by atoms with Gasteiger partial charge in [-0.2, -0.15) is 13.2 Å². The fourth-order valence-corrected chi connectivity index (χ4v) is 5.76. The molecule has 0 radical (unpaired) electrons.